The van der Waals surface area contributed by atoms with E-state index in [1.807, 2.05) is 13.0 Å². The number of likely N-dealkylation sites (N-methyl/N-ethyl adjacent to an activating group) is 1. The number of hydrogen-bond acceptors (Lipinski definition) is 3. The summed E-state index contributed by atoms with van der Waals surface area (Å²) < 4.78 is 5.58. The molecule has 2 aromatic rings. The molecule has 0 saturated heterocycles. The fraction of sp³-hybridized carbons (Fsp3) is 0.375. The van der Waals surface area contributed by atoms with Gasteiger partial charge in [0.1, 0.15) is 11.5 Å². The van der Waals surface area contributed by atoms with E-state index < -0.39 is 0 Å². The molecule has 0 aliphatic carbocycles. The van der Waals surface area contributed by atoms with Crippen molar-refractivity contribution < 1.29 is 4.42 Å². The number of nitrogens with two attached hydrogens (primary N) is 1. The zero-order chi connectivity index (χ0) is 13.7. The Morgan fingerprint density at radius 1 is 1.16 bits per heavy atom. The average molecular weight is 258 g/mol. The van der Waals surface area contributed by atoms with E-state index in [1.54, 1.807) is 0 Å². The van der Waals surface area contributed by atoms with Crippen molar-refractivity contribution in [2.24, 2.45) is 5.73 Å². The van der Waals surface area contributed by atoms with Gasteiger partial charge >= 0.3 is 0 Å². The van der Waals surface area contributed by atoms with Gasteiger partial charge in [-0.1, -0.05) is 24.3 Å². The second-order valence-electron chi connectivity index (χ2n) is 5.02. The summed E-state index contributed by atoms with van der Waals surface area (Å²) in [6.45, 7) is 4.50. The SMILES string of the molecule is Cc1ccc(CCN(C)Cc2cccc(CN)c2)o1. The van der Waals surface area contributed by atoms with Crippen molar-refractivity contribution >= 4 is 0 Å². The molecule has 0 unspecified atom stereocenters. The molecule has 1 heterocycles. The first-order valence-electron chi connectivity index (χ1n) is 6.69. The van der Waals surface area contributed by atoms with Crippen LogP contribution in [0.3, 0.4) is 0 Å². The molecule has 0 fully saturated rings. The van der Waals surface area contributed by atoms with Crippen molar-refractivity contribution in [3.05, 3.63) is 59.0 Å². The Labute approximate surface area is 115 Å². The summed E-state index contributed by atoms with van der Waals surface area (Å²) in [5.41, 5.74) is 8.15. The van der Waals surface area contributed by atoms with Crippen molar-refractivity contribution in [3.63, 3.8) is 0 Å². The number of rotatable bonds is 6. The van der Waals surface area contributed by atoms with Crippen LogP contribution in [0.1, 0.15) is 22.6 Å². The molecule has 2 N–H and O–H groups in total. The molecule has 2 rings (SSSR count). The van der Waals surface area contributed by atoms with Gasteiger partial charge in [0.15, 0.2) is 0 Å². The zero-order valence-electron chi connectivity index (χ0n) is 11.7. The van der Waals surface area contributed by atoms with E-state index in [0.717, 1.165) is 31.0 Å². The highest BCUT2D eigenvalue weighted by Crippen LogP contribution is 2.10. The number of aryl methyl sites for hydroxylation is 1. The maximum Gasteiger partial charge on any atom is 0.105 e. The van der Waals surface area contributed by atoms with Crippen LogP contribution in [-0.4, -0.2) is 18.5 Å². The predicted octanol–water partition coefficient (Wildman–Crippen LogP) is 2.72. The number of nitrogens with zero attached hydrogens (tertiary/aromatic N) is 1. The van der Waals surface area contributed by atoms with Crippen LogP contribution < -0.4 is 5.73 Å². The molecule has 0 saturated carbocycles. The highest BCUT2D eigenvalue weighted by Gasteiger charge is 2.04. The summed E-state index contributed by atoms with van der Waals surface area (Å²) >= 11 is 0. The second kappa shape index (κ2) is 6.55. The van der Waals surface area contributed by atoms with Gasteiger partial charge in [-0.3, -0.25) is 0 Å². The fourth-order valence-corrected chi connectivity index (χ4v) is 2.17. The topological polar surface area (TPSA) is 42.4 Å². The van der Waals surface area contributed by atoms with Gasteiger partial charge in [-0.15, -0.1) is 0 Å². The van der Waals surface area contributed by atoms with E-state index in [-0.39, 0.29) is 0 Å². The molecule has 1 aromatic heterocycles. The molecule has 3 nitrogen and oxygen atoms in total. The monoisotopic (exact) mass is 258 g/mol. The molecule has 0 spiro atoms. The normalized spacial score (nSPS) is 11.2. The number of hydrogen-bond donors (Lipinski definition) is 1. The van der Waals surface area contributed by atoms with Crippen LogP contribution in [0, 0.1) is 6.92 Å². The third-order valence-corrected chi connectivity index (χ3v) is 3.22. The molecule has 0 bridgehead atoms. The van der Waals surface area contributed by atoms with Gasteiger partial charge in [-0.2, -0.15) is 0 Å². The highest BCUT2D eigenvalue weighted by atomic mass is 16.3. The lowest BCUT2D eigenvalue weighted by Gasteiger charge is -2.16. The van der Waals surface area contributed by atoms with Crippen molar-refractivity contribution in [2.75, 3.05) is 13.6 Å². The molecule has 19 heavy (non-hydrogen) atoms. The van der Waals surface area contributed by atoms with Crippen LogP contribution >= 0.6 is 0 Å². The van der Waals surface area contributed by atoms with Crippen LogP contribution in [0.2, 0.25) is 0 Å². The molecule has 3 heteroatoms. The highest BCUT2D eigenvalue weighted by molar-refractivity contribution is 5.23. The molecule has 102 valence electrons. The molecule has 0 aliphatic rings. The first kappa shape index (κ1) is 13.8. The second-order valence-corrected chi connectivity index (χ2v) is 5.02. The van der Waals surface area contributed by atoms with Crippen LogP contribution in [-0.2, 0) is 19.5 Å². The van der Waals surface area contributed by atoms with Crippen LogP contribution in [0.5, 0.6) is 0 Å². The summed E-state index contributed by atoms with van der Waals surface area (Å²) in [5, 5.41) is 0. The largest absolute Gasteiger partial charge is 0.466 e. The van der Waals surface area contributed by atoms with Gasteiger partial charge in [0.25, 0.3) is 0 Å². The van der Waals surface area contributed by atoms with E-state index in [0.29, 0.717) is 6.54 Å². The van der Waals surface area contributed by atoms with Gasteiger partial charge < -0.3 is 15.1 Å². The van der Waals surface area contributed by atoms with Crippen molar-refractivity contribution in [1.82, 2.24) is 4.90 Å². The molecular formula is C16H22N2O. The summed E-state index contributed by atoms with van der Waals surface area (Å²) in [6, 6.07) is 12.5. The Bertz CT molecular complexity index is 519. The smallest absolute Gasteiger partial charge is 0.105 e. The molecular weight excluding hydrogens is 236 g/mol. The summed E-state index contributed by atoms with van der Waals surface area (Å²) in [7, 11) is 2.13. The third-order valence-electron chi connectivity index (χ3n) is 3.22. The van der Waals surface area contributed by atoms with Gasteiger partial charge in [0.05, 0.1) is 0 Å². The lowest BCUT2D eigenvalue weighted by molar-refractivity contribution is 0.318. The molecule has 0 aliphatic heterocycles. The van der Waals surface area contributed by atoms with E-state index in [2.05, 4.69) is 42.3 Å². The Kier molecular flexibility index (Phi) is 4.77. The van der Waals surface area contributed by atoms with Crippen LogP contribution in [0.4, 0.5) is 0 Å². The minimum Gasteiger partial charge on any atom is -0.466 e. The summed E-state index contributed by atoms with van der Waals surface area (Å²) in [4.78, 5) is 2.30. The van der Waals surface area contributed by atoms with Crippen LogP contribution in [0.25, 0.3) is 0 Å². The predicted molar refractivity (Wildman–Crippen MR) is 77.8 cm³/mol. The minimum atomic E-state index is 0.600. The summed E-state index contributed by atoms with van der Waals surface area (Å²) in [6.07, 6.45) is 0.945. The van der Waals surface area contributed by atoms with E-state index in [4.69, 9.17) is 10.2 Å². The maximum atomic E-state index is 5.66. The Morgan fingerprint density at radius 2 is 1.95 bits per heavy atom. The first-order valence-corrected chi connectivity index (χ1v) is 6.69. The minimum absolute atomic E-state index is 0.600. The van der Waals surface area contributed by atoms with E-state index >= 15 is 0 Å². The molecule has 0 amide bonds. The van der Waals surface area contributed by atoms with Crippen molar-refractivity contribution in [3.8, 4) is 0 Å². The van der Waals surface area contributed by atoms with E-state index in [1.165, 1.54) is 11.1 Å². The average Bonchev–Trinajstić information content (AvgIpc) is 2.82. The van der Waals surface area contributed by atoms with Crippen molar-refractivity contribution in [2.45, 2.75) is 26.4 Å². The van der Waals surface area contributed by atoms with Crippen LogP contribution in [0.15, 0.2) is 40.8 Å². The zero-order valence-corrected chi connectivity index (χ0v) is 11.7. The Morgan fingerprint density at radius 3 is 2.63 bits per heavy atom. The quantitative estimate of drug-likeness (QED) is 0.866. The van der Waals surface area contributed by atoms with Gasteiger partial charge in [0.2, 0.25) is 0 Å². The number of furan rings is 1. The number of benzene rings is 1. The molecule has 0 atom stereocenters. The Hall–Kier alpha value is -1.58. The first-order chi connectivity index (χ1) is 9.17. The maximum absolute atomic E-state index is 5.66. The lowest BCUT2D eigenvalue weighted by atomic mass is 10.1. The van der Waals surface area contributed by atoms with Gasteiger partial charge in [-0.05, 0) is 37.2 Å². The van der Waals surface area contributed by atoms with Gasteiger partial charge in [-0.25, -0.2) is 0 Å². The van der Waals surface area contributed by atoms with E-state index in [9.17, 15) is 0 Å². The molecule has 1 aromatic carbocycles. The standard InChI is InChI=1S/C16H22N2O/c1-13-6-7-16(19-13)8-9-18(2)12-15-5-3-4-14(10-15)11-17/h3-7,10H,8-9,11-12,17H2,1-2H3. The summed E-state index contributed by atoms with van der Waals surface area (Å²) in [5.74, 6) is 2.04. The van der Waals surface area contributed by atoms with Crippen molar-refractivity contribution in [1.29, 1.82) is 0 Å². The fourth-order valence-electron chi connectivity index (χ4n) is 2.17. The van der Waals surface area contributed by atoms with Gasteiger partial charge in [0, 0.05) is 26.1 Å². The third kappa shape index (κ3) is 4.23. The molecule has 0 radical (unpaired) electrons. The lowest BCUT2D eigenvalue weighted by Crippen LogP contribution is -2.20. The Balaban J connectivity index is 1.84.